The summed E-state index contributed by atoms with van der Waals surface area (Å²) in [5.41, 5.74) is 6.62. The van der Waals surface area contributed by atoms with Crippen LogP contribution in [0.4, 0.5) is 0 Å². The van der Waals surface area contributed by atoms with Crippen molar-refractivity contribution in [2.75, 3.05) is 31.9 Å². The number of amides is 2. The Labute approximate surface area is 196 Å². The van der Waals surface area contributed by atoms with E-state index in [9.17, 15) is 9.59 Å². The van der Waals surface area contributed by atoms with Crippen molar-refractivity contribution in [3.63, 3.8) is 0 Å². The third-order valence-electron chi connectivity index (χ3n) is 5.86. The number of hydrogen-bond donors (Lipinski definition) is 1. The van der Waals surface area contributed by atoms with Gasteiger partial charge in [-0.25, -0.2) is 0 Å². The van der Waals surface area contributed by atoms with E-state index < -0.39 is 5.91 Å². The zero-order valence-corrected chi connectivity index (χ0v) is 19.4. The standard InChI is InChI=1S/C23H28N6O3S/c1-17(18-6-3-2-4-7-18)27-11-13-28(14-12-27)21(31)16-33-23-26-25-22(19-8-5-15-32-19)29(23)10-9-20(24)30/h2-8,15,17H,9-14,16H2,1H3,(H2,24,30)/t17-/m1/s1. The molecule has 1 fully saturated rings. The molecule has 3 aromatic rings. The number of rotatable bonds is 9. The van der Waals surface area contributed by atoms with E-state index >= 15 is 0 Å². The number of nitrogens with two attached hydrogens (primary N) is 1. The summed E-state index contributed by atoms with van der Waals surface area (Å²) >= 11 is 1.31. The number of piperazine rings is 1. The lowest BCUT2D eigenvalue weighted by Gasteiger charge is -2.38. The molecule has 1 aliphatic rings. The van der Waals surface area contributed by atoms with E-state index in [1.54, 1.807) is 23.0 Å². The molecule has 1 aromatic carbocycles. The Hall–Kier alpha value is -3.11. The fourth-order valence-electron chi connectivity index (χ4n) is 3.93. The van der Waals surface area contributed by atoms with Crippen LogP contribution in [0.1, 0.15) is 24.9 Å². The van der Waals surface area contributed by atoms with Crippen LogP contribution >= 0.6 is 11.8 Å². The van der Waals surface area contributed by atoms with E-state index in [2.05, 4.69) is 46.3 Å². The van der Waals surface area contributed by atoms with E-state index in [1.807, 2.05) is 11.0 Å². The van der Waals surface area contributed by atoms with Crippen molar-refractivity contribution in [3.8, 4) is 11.6 Å². The fraction of sp³-hybridized carbons (Fsp3) is 0.391. The largest absolute Gasteiger partial charge is 0.461 e. The summed E-state index contributed by atoms with van der Waals surface area (Å²) in [4.78, 5) is 28.5. The van der Waals surface area contributed by atoms with Gasteiger partial charge in [-0.3, -0.25) is 19.1 Å². The quantitative estimate of drug-likeness (QED) is 0.480. The monoisotopic (exact) mass is 468 g/mol. The molecule has 0 spiro atoms. The van der Waals surface area contributed by atoms with Crippen molar-refractivity contribution in [2.24, 2.45) is 5.73 Å². The predicted octanol–water partition coefficient (Wildman–Crippen LogP) is 2.41. The summed E-state index contributed by atoms with van der Waals surface area (Å²) in [6.07, 6.45) is 1.70. The van der Waals surface area contributed by atoms with Crippen LogP contribution in [0.25, 0.3) is 11.6 Å². The van der Waals surface area contributed by atoms with Gasteiger partial charge in [-0.1, -0.05) is 42.1 Å². The number of furan rings is 1. The Morgan fingerprint density at radius 2 is 1.85 bits per heavy atom. The van der Waals surface area contributed by atoms with E-state index in [1.165, 1.54) is 17.3 Å². The molecule has 0 radical (unpaired) electrons. The number of primary amides is 1. The van der Waals surface area contributed by atoms with Gasteiger partial charge in [0.1, 0.15) is 0 Å². The van der Waals surface area contributed by atoms with Crippen molar-refractivity contribution in [1.82, 2.24) is 24.6 Å². The van der Waals surface area contributed by atoms with Gasteiger partial charge in [-0.05, 0) is 24.6 Å². The van der Waals surface area contributed by atoms with Crippen molar-refractivity contribution in [3.05, 3.63) is 54.3 Å². The molecule has 2 N–H and O–H groups in total. The smallest absolute Gasteiger partial charge is 0.233 e. The zero-order valence-electron chi connectivity index (χ0n) is 18.6. The molecular formula is C23H28N6O3S. The lowest BCUT2D eigenvalue weighted by molar-refractivity contribution is -0.130. The number of aromatic nitrogens is 3. The second kappa shape index (κ2) is 10.7. The van der Waals surface area contributed by atoms with Crippen LogP contribution in [-0.4, -0.2) is 68.3 Å². The normalized spacial score (nSPS) is 15.5. The van der Waals surface area contributed by atoms with E-state index in [0.717, 1.165) is 13.1 Å². The molecule has 4 rings (SSSR count). The van der Waals surface area contributed by atoms with Crippen LogP contribution in [0.2, 0.25) is 0 Å². The first-order valence-electron chi connectivity index (χ1n) is 11.0. The first kappa shape index (κ1) is 23.1. The number of carbonyl (C=O) groups is 2. The molecule has 0 saturated carbocycles. The van der Waals surface area contributed by atoms with Gasteiger partial charge in [-0.2, -0.15) is 0 Å². The molecule has 2 aromatic heterocycles. The molecule has 10 heteroatoms. The summed E-state index contributed by atoms with van der Waals surface area (Å²) in [5, 5.41) is 8.98. The number of benzene rings is 1. The number of thioether (sulfide) groups is 1. The number of carbonyl (C=O) groups excluding carboxylic acids is 2. The minimum Gasteiger partial charge on any atom is -0.461 e. The summed E-state index contributed by atoms with van der Waals surface area (Å²) in [5.74, 6) is 0.967. The van der Waals surface area contributed by atoms with Gasteiger partial charge in [0.2, 0.25) is 11.8 Å². The van der Waals surface area contributed by atoms with Crippen LogP contribution < -0.4 is 5.73 Å². The highest BCUT2D eigenvalue weighted by molar-refractivity contribution is 7.99. The maximum Gasteiger partial charge on any atom is 0.233 e. The van der Waals surface area contributed by atoms with Crippen molar-refractivity contribution in [2.45, 2.75) is 31.1 Å². The Bertz CT molecular complexity index is 1060. The SMILES string of the molecule is C[C@H](c1ccccc1)N1CCN(C(=O)CSc2nnc(-c3ccco3)n2CCC(N)=O)CC1. The van der Waals surface area contributed by atoms with Crippen LogP contribution in [0.15, 0.2) is 58.3 Å². The summed E-state index contributed by atoms with van der Waals surface area (Å²) in [6, 6.07) is 14.3. The van der Waals surface area contributed by atoms with Gasteiger partial charge < -0.3 is 15.1 Å². The molecule has 0 unspecified atom stereocenters. The van der Waals surface area contributed by atoms with Gasteiger partial charge in [0, 0.05) is 45.2 Å². The average molecular weight is 469 g/mol. The minimum absolute atomic E-state index is 0.0658. The van der Waals surface area contributed by atoms with Crippen LogP contribution in [0, 0.1) is 0 Å². The summed E-state index contributed by atoms with van der Waals surface area (Å²) in [7, 11) is 0. The highest BCUT2D eigenvalue weighted by Crippen LogP contribution is 2.26. The molecule has 1 aliphatic heterocycles. The second-order valence-electron chi connectivity index (χ2n) is 7.94. The molecule has 3 heterocycles. The maximum absolute atomic E-state index is 12.9. The van der Waals surface area contributed by atoms with Crippen LogP contribution in [0.5, 0.6) is 0 Å². The lowest BCUT2D eigenvalue weighted by atomic mass is 10.1. The highest BCUT2D eigenvalue weighted by atomic mass is 32.2. The molecule has 33 heavy (non-hydrogen) atoms. The first-order chi connectivity index (χ1) is 16.0. The molecule has 1 atom stereocenters. The molecule has 1 saturated heterocycles. The van der Waals surface area contributed by atoms with Gasteiger partial charge in [-0.15, -0.1) is 10.2 Å². The van der Waals surface area contributed by atoms with Gasteiger partial charge in [0.15, 0.2) is 16.7 Å². The average Bonchev–Trinajstić information content (AvgIpc) is 3.51. The summed E-state index contributed by atoms with van der Waals surface area (Å²) < 4.78 is 7.21. The highest BCUT2D eigenvalue weighted by Gasteiger charge is 2.25. The van der Waals surface area contributed by atoms with Gasteiger partial charge in [0.05, 0.1) is 12.0 Å². The molecule has 2 amide bonds. The fourth-order valence-corrected chi connectivity index (χ4v) is 4.79. The van der Waals surface area contributed by atoms with Crippen LogP contribution in [-0.2, 0) is 16.1 Å². The summed E-state index contributed by atoms with van der Waals surface area (Å²) in [6.45, 7) is 5.60. The second-order valence-corrected chi connectivity index (χ2v) is 8.89. The molecule has 0 bridgehead atoms. The third kappa shape index (κ3) is 5.63. The molecule has 0 aliphatic carbocycles. The molecule has 9 nitrogen and oxygen atoms in total. The predicted molar refractivity (Wildman–Crippen MR) is 125 cm³/mol. The Kier molecular flexibility index (Phi) is 7.46. The van der Waals surface area contributed by atoms with Crippen LogP contribution in [0.3, 0.4) is 0 Å². The van der Waals surface area contributed by atoms with Crippen molar-refractivity contribution in [1.29, 1.82) is 0 Å². The zero-order chi connectivity index (χ0) is 23.2. The number of hydrogen-bond acceptors (Lipinski definition) is 7. The van der Waals surface area contributed by atoms with E-state index in [4.69, 9.17) is 10.2 Å². The Balaban J connectivity index is 1.34. The number of nitrogens with zero attached hydrogens (tertiary/aromatic N) is 5. The topological polar surface area (TPSA) is 110 Å². The van der Waals surface area contributed by atoms with Crippen molar-refractivity contribution < 1.29 is 14.0 Å². The minimum atomic E-state index is -0.413. The Morgan fingerprint density at radius 3 is 2.52 bits per heavy atom. The Morgan fingerprint density at radius 1 is 1.09 bits per heavy atom. The lowest BCUT2D eigenvalue weighted by Crippen LogP contribution is -2.49. The maximum atomic E-state index is 12.9. The molecule has 174 valence electrons. The molecular weight excluding hydrogens is 440 g/mol. The van der Waals surface area contributed by atoms with Gasteiger partial charge in [0.25, 0.3) is 0 Å². The van der Waals surface area contributed by atoms with E-state index in [0.29, 0.717) is 42.4 Å². The third-order valence-corrected chi connectivity index (χ3v) is 6.81. The van der Waals surface area contributed by atoms with Crippen molar-refractivity contribution >= 4 is 23.6 Å². The first-order valence-corrected chi connectivity index (χ1v) is 12.0. The van der Waals surface area contributed by atoms with E-state index in [-0.39, 0.29) is 18.1 Å². The van der Waals surface area contributed by atoms with Gasteiger partial charge >= 0.3 is 0 Å².